The van der Waals surface area contributed by atoms with Crippen molar-refractivity contribution >= 4 is 17.5 Å². The minimum atomic E-state index is -0.158. The van der Waals surface area contributed by atoms with Crippen molar-refractivity contribution in [2.45, 2.75) is 45.9 Å². The van der Waals surface area contributed by atoms with E-state index in [2.05, 4.69) is 15.2 Å². The van der Waals surface area contributed by atoms with Gasteiger partial charge >= 0.3 is 0 Å². The lowest BCUT2D eigenvalue weighted by Crippen LogP contribution is -2.43. The highest BCUT2D eigenvalue weighted by Gasteiger charge is 2.28. The third-order valence-electron chi connectivity index (χ3n) is 3.92. The maximum atomic E-state index is 12.6. The van der Waals surface area contributed by atoms with Crippen molar-refractivity contribution < 1.29 is 14.1 Å². The zero-order chi connectivity index (χ0) is 17.1. The third-order valence-corrected chi connectivity index (χ3v) is 4.20. The molecule has 0 aliphatic carbocycles. The molecular weight excluding hydrogens is 334 g/mol. The van der Waals surface area contributed by atoms with Gasteiger partial charge < -0.3 is 14.2 Å². The van der Waals surface area contributed by atoms with Gasteiger partial charge in [0.25, 0.3) is 11.8 Å². The van der Waals surface area contributed by atoms with Gasteiger partial charge in [0.15, 0.2) is 11.5 Å². The number of nitrogens with zero attached hydrogens (tertiary/aromatic N) is 5. The van der Waals surface area contributed by atoms with Crippen LogP contribution in [-0.2, 0) is 17.9 Å². The van der Waals surface area contributed by atoms with Gasteiger partial charge in [0.05, 0.1) is 11.1 Å². The van der Waals surface area contributed by atoms with Crippen LogP contribution in [0.3, 0.4) is 0 Å². The van der Waals surface area contributed by atoms with Crippen molar-refractivity contribution in [2.24, 2.45) is 0 Å². The van der Waals surface area contributed by atoms with E-state index in [1.54, 1.807) is 22.7 Å². The smallest absolute Gasteiger partial charge is 0.276 e. The molecule has 1 unspecified atom stereocenters. The van der Waals surface area contributed by atoms with Crippen LogP contribution in [0.15, 0.2) is 10.7 Å². The standard InChI is InChI=1S/C15H20ClN5O3/c1-3-21-8-12(16)14(18-21)15(22)20-6-4-5-11(7-20)23-9-13-17-10(2)19-24-13/h8,11H,3-7,9H2,1-2H3. The lowest BCUT2D eigenvalue weighted by molar-refractivity contribution is -0.0155. The molecule has 0 spiro atoms. The summed E-state index contributed by atoms with van der Waals surface area (Å²) in [7, 11) is 0. The molecule has 1 aliphatic heterocycles. The Morgan fingerprint density at radius 2 is 2.38 bits per heavy atom. The molecule has 0 aromatic carbocycles. The van der Waals surface area contributed by atoms with Crippen LogP contribution in [0.2, 0.25) is 5.02 Å². The van der Waals surface area contributed by atoms with Gasteiger partial charge in [-0.2, -0.15) is 10.1 Å². The van der Waals surface area contributed by atoms with E-state index in [9.17, 15) is 4.79 Å². The Kier molecular flexibility index (Phi) is 5.15. The molecule has 0 bridgehead atoms. The number of hydrogen-bond acceptors (Lipinski definition) is 6. The fraction of sp³-hybridized carbons (Fsp3) is 0.600. The predicted octanol–water partition coefficient (Wildman–Crippen LogP) is 2.07. The normalized spacial score (nSPS) is 18.1. The molecule has 8 nitrogen and oxygen atoms in total. The molecule has 1 fully saturated rings. The summed E-state index contributed by atoms with van der Waals surface area (Å²) in [5.41, 5.74) is 0.298. The van der Waals surface area contributed by atoms with E-state index < -0.39 is 0 Å². The number of aromatic nitrogens is 4. The van der Waals surface area contributed by atoms with E-state index in [0.29, 0.717) is 42.1 Å². The molecule has 1 amide bonds. The number of hydrogen-bond donors (Lipinski definition) is 0. The Labute approximate surface area is 144 Å². The topological polar surface area (TPSA) is 86.3 Å². The number of halogens is 1. The van der Waals surface area contributed by atoms with Gasteiger partial charge in [-0.05, 0) is 26.7 Å². The van der Waals surface area contributed by atoms with Gasteiger partial charge in [0.2, 0.25) is 0 Å². The maximum absolute atomic E-state index is 12.6. The summed E-state index contributed by atoms with van der Waals surface area (Å²) >= 11 is 6.13. The largest absolute Gasteiger partial charge is 0.367 e. The number of carbonyl (C=O) groups excluding carboxylic acids is 1. The summed E-state index contributed by atoms with van der Waals surface area (Å²) in [6, 6.07) is 0. The number of carbonyl (C=O) groups is 1. The lowest BCUT2D eigenvalue weighted by Gasteiger charge is -2.32. The van der Waals surface area contributed by atoms with E-state index >= 15 is 0 Å². The molecule has 0 N–H and O–H groups in total. The van der Waals surface area contributed by atoms with Crippen LogP contribution in [0, 0.1) is 6.92 Å². The summed E-state index contributed by atoms with van der Waals surface area (Å²) < 4.78 is 12.5. The maximum Gasteiger partial charge on any atom is 0.276 e. The monoisotopic (exact) mass is 353 g/mol. The molecule has 3 heterocycles. The molecule has 1 atom stereocenters. The molecule has 3 rings (SSSR count). The molecule has 9 heteroatoms. The molecule has 1 saturated heterocycles. The minimum absolute atomic E-state index is 0.0676. The van der Waals surface area contributed by atoms with Crippen molar-refractivity contribution in [2.75, 3.05) is 13.1 Å². The fourth-order valence-electron chi connectivity index (χ4n) is 2.70. The highest BCUT2D eigenvalue weighted by Crippen LogP contribution is 2.20. The van der Waals surface area contributed by atoms with Crippen LogP contribution in [0.4, 0.5) is 0 Å². The second kappa shape index (κ2) is 7.31. The summed E-state index contributed by atoms with van der Waals surface area (Å²) in [6.45, 7) is 5.80. The fourth-order valence-corrected chi connectivity index (χ4v) is 2.93. The molecule has 0 radical (unpaired) electrons. The van der Waals surface area contributed by atoms with Gasteiger partial charge in [0.1, 0.15) is 6.61 Å². The van der Waals surface area contributed by atoms with Gasteiger partial charge in [0, 0.05) is 25.8 Å². The molecule has 1 aliphatic rings. The number of ether oxygens (including phenoxy) is 1. The van der Waals surface area contributed by atoms with Crippen LogP contribution in [-0.4, -0.2) is 49.9 Å². The van der Waals surface area contributed by atoms with Crippen LogP contribution < -0.4 is 0 Å². The van der Waals surface area contributed by atoms with Crippen LogP contribution in [0.25, 0.3) is 0 Å². The van der Waals surface area contributed by atoms with E-state index in [1.807, 2.05) is 6.92 Å². The van der Waals surface area contributed by atoms with Crippen molar-refractivity contribution in [3.8, 4) is 0 Å². The molecule has 2 aromatic heterocycles. The zero-order valence-electron chi connectivity index (χ0n) is 13.7. The summed E-state index contributed by atoms with van der Waals surface area (Å²) in [5, 5.41) is 8.35. The average Bonchev–Trinajstić information content (AvgIpc) is 3.18. The van der Waals surface area contributed by atoms with Crippen molar-refractivity contribution in [1.82, 2.24) is 24.8 Å². The number of piperidine rings is 1. The average molecular weight is 354 g/mol. The van der Waals surface area contributed by atoms with Gasteiger partial charge in [-0.3, -0.25) is 9.48 Å². The molecular formula is C15H20ClN5O3. The first kappa shape index (κ1) is 16.9. The first-order chi connectivity index (χ1) is 11.6. The Bertz CT molecular complexity index is 714. The minimum Gasteiger partial charge on any atom is -0.367 e. The van der Waals surface area contributed by atoms with Gasteiger partial charge in [-0.25, -0.2) is 0 Å². The van der Waals surface area contributed by atoms with Crippen LogP contribution in [0.1, 0.15) is 42.0 Å². The van der Waals surface area contributed by atoms with E-state index in [4.69, 9.17) is 20.9 Å². The third kappa shape index (κ3) is 3.76. The first-order valence-electron chi connectivity index (χ1n) is 7.99. The molecule has 0 saturated carbocycles. The van der Waals surface area contributed by atoms with E-state index in [1.165, 1.54) is 0 Å². The van der Waals surface area contributed by atoms with Gasteiger partial charge in [-0.15, -0.1) is 0 Å². The van der Waals surface area contributed by atoms with Crippen molar-refractivity contribution in [3.63, 3.8) is 0 Å². The predicted molar refractivity (Wildman–Crippen MR) is 85.7 cm³/mol. The second-order valence-corrected chi connectivity index (χ2v) is 6.15. The molecule has 24 heavy (non-hydrogen) atoms. The number of aryl methyl sites for hydroxylation is 2. The molecule has 2 aromatic rings. The lowest BCUT2D eigenvalue weighted by atomic mass is 10.1. The Morgan fingerprint density at radius 1 is 1.54 bits per heavy atom. The van der Waals surface area contributed by atoms with Crippen molar-refractivity contribution in [3.05, 3.63) is 28.6 Å². The number of amides is 1. The van der Waals surface area contributed by atoms with Crippen molar-refractivity contribution in [1.29, 1.82) is 0 Å². The first-order valence-corrected chi connectivity index (χ1v) is 8.37. The highest BCUT2D eigenvalue weighted by atomic mass is 35.5. The summed E-state index contributed by atoms with van der Waals surface area (Å²) in [4.78, 5) is 18.5. The Balaban J connectivity index is 1.60. The van der Waals surface area contributed by atoms with Gasteiger partial charge in [-0.1, -0.05) is 16.8 Å². The van der Waals surface area contributed by atoms with Crippen LogP contribution in [0.5, 0.6) is 0 Å². The van der Waals surface area contributed by atoms with E-state index in [0.717, 1.165) is 12.8 Å². The number of rotatable bonds is 5. The molecule has 130 valence electrons. The number of likely N-dealkylation sites (tertiary alicyclic amines) is 1. The van der Waals surface area contributed by atoms with Crippen LogP contribution >= 0.6 is 11.6 Å². The quantitative estimate of drug-likeness (QED) is 0.817. The Morgan fingerprint density at radius 3 is 3.04 bits per heavy atom. The zero-order valence-corrected chi connectivity index (χ0v) is 14.5. The summed E-state index contributed by atoms with van der Waals surface area (Å²) in [6.07, 6.45) is 3.35. The SMILES string of the molecule is CCn1cc(Cl)c(C(=O)N2CCCC(OCc3nc(C)no3)C2)n1. The van der Waals surface area contributed by atoms with E-state index in [-0.39, 0.29) is 18.6 Å². The highest BCUT2D eigenvalue weighted by molar-refractivity contribution is 6.33. The second-order valence-electron chi connectivity index (χ2n) is 5.74. The summed E-state index contributed by atoms with van der Waals surface area (Å²) in [5.74, 6) is 0.866. The Hall–Kier alpha value is -1.93.